The quantitative estimate of drug-likeness (QED) is 0.734. The summed E-state index contributed by atoms with van der Waals surface area (Å²) in [4.78, 5) is 6.48. The Morgan fingerprint density at radius 3 is 3.33 bits per heavy atom. The van der Waals surface area contributed by atoms with Crippen molar-refractivity contribution in [1.29, 1.82) is 0 Å². The Labute approximate surface area is 90.3 Å². The summed E-state index contributed by atoms with van der Waals surface area (Å²) < 4.78 is 0. The van der Waals surface area contributed by atoms with Crippen LogP contribution in [0.3, 0.4) is 0 Å². The van der Waals surface area contributed by atoms with Crippen molar-refractivity contribution in [3.8, 4) is 0 Å². The molecule has 0 aromatic carbocycles. The summed E-state index contributed by atoms with van der Waals surface area (Å²) in [6, 6.07) is 0.645. The second-order valence-electron chi connectivity index (χ2n) is 4.24. The molecular formula is C10H19N5. The number of likely N-dealkylation sites (tertiary alicyclic amines) is 1. The lowest BCUT2D eigenvalue weighted by Gasteiger charge is -2.30. The third-order valence-electron chi connectivity index (χ3n) is 2.88. The van der Waals surface area contributed by atoms with Gasteiger partial charge in [0.1, 0.15) is 12.2 Å². The highest BCUT2D eigenvalue weighted by Gasteiger charge is 2.15. The van der Waals surface area contributed by atoms with Gasteiger partial charge in [0.05, 0.1) is 0 Å². The fourth-order valence-corrected chi connectivity index (χ4v) is 2.08. The average Bonchev–Trinajstić information content (AvgIpc) is 2.71. The monoisotopic (exact) mass is 209 g/mol. The number of aromatic nitrogens is 3. The number of nitrogens with zero attached hydrogens (tertiary/aromatic N) is 3. The van der Waals surface area contributed by atoms with E-state index in [9.17, 15) is 0 Å². The maximum atomic E-state index is 4.10. The molecule has 0 amide bonds. The van der Waals surface area contributed by atoms with Gasteiger partial charge in [-0.15, -0.1) is 0 Å². The van der Waals surface area contributed by atoms with Crippen LogP contribution in [0.25, 0.3) is 0 Å². The number of hydrogen-bond donors (Lipinski definition) is 2. The van der Waals surface area contributed by atoms with Crippen molar-refractivity contribution in [3.63, 3.8) is 0 Å². The van der Waals surface area contributed by atoms with Crippen LogP contribution in [-0.2, 0) is 6.42 Å². The molecule has 1 aliphatic heterocycles. The van der Waals surface area contributed by atoms with Crippen molar-refractivity contribution in [2.45, 2.75) is 25.3 Å². The first-order valence-corrected chi connectivity index (χ1v) is 5.61. The number of H-pyrrole nitrogens is 1. The van der Waals surface area contributed by atoms with Gasteiger partial charge in [-0.3, -0.25) is 5.10 Å². The molecule has 0 saturated carbocycles. The molecule has 1 saturated heterocycles. The van der Waals surface area contributed by atoms with E-state index in [-0.39, 0.29) is 0 Å². The van der Waals surface area contributed by atoms with Gasteiger partial charge in [-0.1, -0.05) is 0 Å². The van der Waals surface area contributed by atoms with Crippen LogP contribution in [0.15, 0.2) is 6.33 Å². The predicted molar refractivity (Wildman–Crippen MR) is 58.6 cm³/mol. The Morgan fingerprint density at radius 2 is 2.60 bits per heavy atom. The first kappa shape index (κ1) is 10.6. The molecule has 5 heteroatoms. The van der Waals surface area contributed by atoms with E-state index >= 15 is 0 Å². The second-order valence-corrected chi connectivity index (χ2v) is 4.24. The van der Waals surface area contributed by atoms with Crippen molar-refractivity contribution in [3.05, 3.63) is 12.2 Å². The Morgan fingerprint density at radius 1 is 1.67 bits per heavy atom. The van der Waals surface area contributed by atoms with E-state index in [1.807, 2.05) is 0 Å². The summed E-state index contributed by atoms with van der Waals surface area (Å²) in [5, 5.41) is 10.3. The highest BCUT2D eigenvalue weighted by Crippen LogP contribution is 2.07. The van der Waals surface area contributed by atoms with E-state index in [2.05, 4.69) is 32.4 Å². The fourth-order valence-electron chi connectivity index (χ4n) is 2.08. The van der Waals surface area contributed by atoms with Crippen molar-refractivity contribution < 1.29 is 0 Å². The Bertz CT molecular complexity index is 271. The Hall–Kier alpha value is -0.940. The van der Waals surface area contributed by atoms with Crippen LogP contribution >= 0.6 is 0 Å². The van der Waals surface area contributed by atoms with Gasteiger partial charge in [0.25, 0.3) is 0 Å². The van der Waals surface area contributed by atoms with Crippen LogP contribution in [0.4, 0.5) is 0 Å². The summed E-state index contributed by atoms with van der Waals surface area (Å²) in [6.45, 7) is 3.38. The number of nitrogens with one attached hydrogen (secondary N) is 2. The van der Waals surface area contributed by atoms with E-state index < -0.39 is 0 Å². The van der Waals surface area contributed by atoms with Gasteiger partial charge in [0.15, 0.2) is 0 Å². The van der Waals surface area contributed by atoms with Gasteiger partial charge in [0, 0.05) is 25.6 Å². The SMILES string of the molecule is CN1CCCC(NCCc2ncn[nH]2)C1. The summed E-state index contributed by atoms with van der Waals surface area (Å²) in [6.07, 6.45) is 5.08. The smallest absolute Gasteiger partial charge is 0.137 e. The summed E-state index contributed by atoms with van der Waals surface area (Å²) in [5.41, 5.74) is 0. The lowest BCUT2D eigenvalue weighted by atomic mass is 10.1. The van der Waals surface area contributed by atoms with Gasteiger partial charge in [0.2, 0.25) is 0 Å². The lowest BCUT2D eigenvalue weighted by Crippen LogP contribution is -2.44. The fraction of sp³-hybridized carbons (Fsp3) is 0.800. The number of piperidine rings is 1. The van der Waals surface area contributed by atoms with E-state index in [0.29, 0.717) is 6.04 Å². The zero-order valence-electron chi connectivity index (χ0n) is 9.24. The maximum Gasteiger partial charge on any atom is 0.137 e. The second kappa shape index (κ2) is 5.23. The number of rotatable bonds is 4. The maximum absolute atomic E-state index is 4.10. The third-order valence-corrected chi connectivity index (χ3v) is 2.88. The first-order chi connectivity index (χ1) is 7.34. The zero-order chi connectivity index (χ0) is 10.5. The summed E-state index contributed by atoms with van der Waals surface area (Å²) in [5.74, 6) is 0.965. The standard InChI is InChI=1S/C10H19N5/c1-15-6-2-3-9(7-15)11-5-4-10-12-8-13-14-10/h8-9,11H,2-7H2,1H3,(H,12,13,14). The highest BCUT2D eigenvalue weighted by molar-refractivity contribution is 4.83. The molecule has 2 heterocycles. The minimum absolute atomic E-state index is 0.645. The van der Waals surface area contributed by atoms with Crippen LogP contribution < -0.4 is 5.32 Å². The molecule has 2 N–H and O–H groups in total. The molecule has 15 heavy (non-hydrogen) atoms. The van der Waals surface area contributed by atoms with Crippen molar-refractivity contribution in [2.75, 3.05) is 26.7 Å². The topological polar surface area (TPSA) is 56.8 Å². The Balaban J connectivity index is 1.65. The minimum Gasteiger partial charge on any atom is -0.312 e. The molecule has 1 unspecified atom stereocenters. The molecule has 1 aliphatic rings. The third kappa shape index (κ3) is 3.28. The van der Waals surface area contributed by atoms with Crippen molar-refractivity contribution in [2.24, 2.45) is 0 Å². The van der Waals surface area contributed by atoms with Crippen LogP contribution in [0.1, 0.15) is 18.7 Å². The molecule has 2 rings (SSSR count). The molecule has 5 nitrogen and oxygen atoms in total. The van der Waals surface area contributed by atoms with E-state index in [1.165, 1.54) is 19.4 Å². The molecule has 1 fully saturated rings. The molecular weight excluding hydrogens is 190 g/mol. The van der Waals surface area contributed by atoms with E-state index in [0.717, 1.165) is 25.3 Å². The summed E-state index contributed by atoms with van der Waals surface area (Å²) in [7, 11) is 2.18. The summed E-state index contributed by atoms with van der Waals surface area (Å²) >= 11 is 0. The molecule has 0 spiro atoms. The van der Waals surface area contributed by atoms with Gasteiger partial charge in [-0.25, -0.2) is 4.98 Å². The minimum atomic E-state index is 0.645. The first-order valence-electron chi connectivity index (χ1n) is 5.61. The van der Waals surface area contributed by atoms with Crippen LogP contribution in [0, 0.1) is 0 Å². The molecule has 1 atom stereocenters. The van der Waals surface area contributed by atoms with Crippen LogP contribution in [-0.4, -0.2) is 52.8 Å². The predicted octanol–water partition coefficient (Wildman–Crippen LogP) is 0.0310. The van der Waals surface area contributed by atoms with Gasteiger partial charge in [-0.2, -0.15) is 5.10 Å². The molecule has 1 aromatic heterocycles. The van der Waals surface area contributed by atoms with Crippen molar-refractivity contribution >= 4 is 0 Å². The molecule has 0 aliphatic carbocycles. The number of hydrogen-bond acceptors (Lipinski definition) is 4. The lowest BCUT2D eigenvalue weighted by molar-refractivity contribution is 0.228. The zero-order valence-corrected chi connectivity index (χ0v) is 9.24. The van der Waals surface area contributed by atoms with E-state index in [4.69, 9.17) is 0 Å². The van der Waals surface area contributed by atoms with E-state index in [1.54, 1.807) is 6.33 Å². The van der Waals surface area contributed by atoms with Gasteiger partial charge < -0.3 is 10.2 Å². The number of aromatic amines is 1. The van der Waals surface area contributed by atoms with Crippen LogP contribution in [0.5, 0.6) is 0 Å². The van der Waals surface area contributed by atoms with Gasteiger partial charge in [-0.05, 0) is 26.4 Å². The highest BCUT2D eigenvalue weighted by atomic mass is 15.2. The largest absolute Gasteiger partial charge is 0.312 e. The average molecular weight is 209 g/mol. The Kier molecular flexibility index (Phi) is 3.69. The normalized spacial score (nSPS) is 23.1. The number of likely N-dealkylation sites (N-methyl/N-ethyl adjacent to an activating group) is 1. The molecule has 0 bridgehead atoms. The molecule has 0 radical (unpaired) electrons. The van der Waals surface area contributed by atoms with Crippen LogP contribution in [0.2, 0.25) is 0 Å². The molecule has 84 valence electrons. The molecule has 1 aromatic rings. The van der Waals surface area contributed by atoms with Gasteiger partial charge >= 0.3 is 0 Å². The van der Waals surface area contributed by atoms with Crippen molar-refractivity contribution in [1.82, 2.24) is 25.4 Å².